The fourth-order valence-electron chi connectivity index (χ4n) is 4.11. The van der Waals surface area contributed by atoms with Gasteiger partial charge in [-0.15, -0.1) is 0 Å². The molecule has 0 radical (unpaired) electrons. The summed E-state index contributed by atoms with van der Waals surface area (Å²) in [5.74, 6) is -0.597. The first-order valence-electron chi connectivity index (χ1n) is 12.1. The molecule has 3 aromatic rings. The van der Waals surface area contributed by atoms with E-state index in [0.717, 1.165) is 23.1 Å². The standard InChI is InChI=1S/C17H19NO2.C12H18N2O2.H2/c1-12-5-4-6-13(2)17(12)15-9-14(10-18-11-15)7-8-16(19)20-3;1-4-9(3)11(12(13)16)14-6-5-8(2)7-10(14)15;/h4-6,9-11H,7-8H2,1-3H3;5-7,9,11H,4H2,1-3H3,(H2,13,16);1H. The van der Waals surface area contributed by atoms with E-state index in [4.69, 9.17) is 5.73 Å². The van der Waals surface area contributed by atoms with Gasteiger partial charge >= 0.3 is 5.97 Å². The van der Waals surface area contributed by atoms with Crippen LogP contribution in [0.2, 0.25) is 0 Å². The van der Waals surface area contributed by atoms with E-state index < -0.39 is 11.9 Å². The van der Waals surface area contributed by atoms with Crippen molar-refractivity contribution in [2.75, 3.05) is 7.11 Å². The lowest BCUT2D eigenvalue weighted by atomic mass is 9.96. The van der Waals surface area contributed by atoms with Crippen LogP contribution in [0.4, 0.5) is 0 Å². The van der Waals surface area contributed by atoms with Gasteiger partial charge in [-0.3, -0.25) is 19.4 Å². The van der Waals surface area contributed by atoms with E-state index in [1.807, 2.05) is 27.0 Å². The summed E-state index contributed by atoms with van der Waals surface area (Å²) in [6.45, 7) is 9.93. The molecule has 0 bridgehead atoms. The highest BCUT2D eigenvalue weighted by molar-refractivity contribution is 5.78. The predicted octanol–water partition coefficient (Wildman–Crippen LogP) is 4.95. The first-order chi connectivity index (χ1) is 17.1. The molecule has 0 spiro atoms. The van der Waals surface area contributed by atoms with Gasteiger partial charge in [0.1, 0.15) is 6.04 Å². The van der Waals surface area contributed by atoms with Crippen LogP contribution in [-0.4, -0.2) is 28.5 Å². The van der Waals surface area contributed by atoms with Crippen molar-refractivity contribution in [3.05, 3.63) is 87.6 Å². The van der Waals surface area contributed by atoms with Gasteiger partial charge in [0.25, 0.3) is 5.56 Å². The van der Waals surface area contributed by atoms with Gasteiger partial charge in [0.15, 0.2) is 0 Å². The Morgan fingerprint density at radius 2 is 1.78 bits per heavy atom. The van der Waals surface area contributed by atoms with Gasteiger partial charge in [-0.1, -0.05) is 38.5 Å². The molecule has 0 aliphatic carbocycles. The molecule has 2 N–H and O–H groups in total. The number of benzene rings is 1. The molecule has 0 saturated heterocycles. The monoisotopic (exact) mass is 493 g/mol. The number of rotatable bonds is 8. The minimum absolute atomic E-state index is 0. The zero-order valence-corrected chi connectivity index (χ0v) is 22.1. The van der Waals surface area contributed by atoms with Crippen molar-refractivity contribution in [1.82, 2.24) is 9.55 Å². The quantitative estimate of drug-likeness (QED) is 0.447. The maximum absolute atomic E-state index is 11.8. The molecule has 194 valence electrons. The maximum Gasteiger partial charge on any atom is 0.305 e. The first kappa shape index (κ1) is 28.5. The lowest BCUT2D eigenvalue weighted by molar-refractivity contribution is -0.140. The van der Waals surface area contributed by atoms with Crippen molar-refractivity contribution in [3.63, 3.8) is 0 Å². The number of hydrogen-bond acceptors (Lipinski definition) is 5. The number of aromatic nitrogens is 2. The van der Waals surface area contributed by atoms with Crippen LogP contribution in [0.1, 0.15) is 56.4 Å². The van der Waals surface area contributed by atoms with Gasteiger partial charge < -0.3 is 15.0 Å². The average molecular weight is 494 g/mol. The summed E-state index contributed by atoms with van der Waals surface area (Å²) < 4.78 is 6.09. The molecule has 1 amide bonds. The number of ether oxygens (including phenoxy) is 1. The molecule has 0 aliphatic heterocycles. The molecule has 2 aromatic heterocycles. The number of hydrogen-bond donors (Lipinski definition) is 1. The van der Waals surface area contributed by atoms with Crippen LogP contribution in [0.5, 0.6) is 0 Å². The topological polar surface area (TPSA) is 104 Å². The number of aryl methyl sites for hydroxylation is 4. The van der Waals surface area contributed by atoms with Crippen LogP contribution < -0.4 is 11.3 Å². The van der Waals surface area contributed by atoms with E-state index in [1.54, 1.807) is 18.5 Å². The Balaban J connectivity index is 0.000000369. The molecular weight excluding hydrogens is 454 g/mol. The summed E-state index contributed by atoms with van der Waals surface area (Å²) in [6.07, 6.45) is 7.15. The molecule has 0 fully saturated rings. The van der Waals surface area contributed by atoms with E-state index >= 15 is 0 Å². The summed E-state index contributed by atoms with van der Waals surface area (Å²) >= 11 is 0. The normalized spacial score (nSPS) is 12.2. The van der Waals surface area contributed by atoms with Crippen molar-refractivity contribution in [1.29, 1.82) is 0 Å². The van der Waals surface area contributed by atoms with Crippen molar-refractivity contribution in [2.24, 2.45) is 11.7 Å². The van der Waals surface area contributed by atoms with E-state index in [1.165, 1.54) is 34.4 Å². The molecule has 0 saturated carbocycles. The lowest BCUT2D eigenvalue weighted by Crippen LogP contribution is -2.37. The largest absolute Gasteiger partial charge is 0.469 e. The summed E-state index contributed by atoms with van der Waals surface area (Å²) in [5, 5.41) is 0. The summed E-state index contributed by atoms with van der Waals surface area (Å²) in [7, 11) is 1.41. The van der Waals surface area contributed by atoms with Crippen molar-refractivity contribution < 1.29 is 15.8 Å². The second kappa shape index (κ2) is 13.4. The van der Waals surface area contributed by atoms with E-state index in [0.29, 0.717) is 12.8 Å². The third-order valence-electron chi connectivity index (χ3n) is 6.29. The van der Waals surface area contributed by atoms with Crippen molar-refractivity contribution in [2.45, 2.75) is 59.9 Å². The SMILES string of the molecule is CCC(C)C(C(N)=O)n1ccc(C)cc1=O.COC(=O)CCc1cncc(-c2c(C)cccc2C)c1.[HH]. The lowest BCUT2D eigenvalue weighted by Gasteiger charge is -2.22. The number of carbonyl (C=O) groups excluding carboxylic acids is 2. The Labute approximate surface area is 214 Å². The Bertz CT molecular complexity index is 1240. The van der Waals surface area contributed by atoms with E-state index in [9.17, 15) is 14.4 Å². The van der Waals surface area contributed by atoms with E-state index in [-0.39, 0.29) is 18.9 Å². The summed E-state index contributed by atoms with van der Waals surface area (Å²) in [5.41, 5.74) is 11.9. The van der Waals surface area contributed by atoms with Crippen LogP contribution in [0.15, 0.2) is 59.8 Å². The molecule has 2 unspecified atom stereocenters. The minimum Gasteiger partial charge on any atom is -0.469 e. The van der Waals surface area contributed by atoms with Crippen molar-refractivity contribution in [3.8, 4) is 11.1 Å². The van der Waals surface area contributed by atoms with E-state index in [2.05, 4.69) is 47.8 Å². The van der Waals surface area contributed by atoms with Gasteiger partial charge in [0.05, 0.1) is 7.11 Å². The number of pyridine rings is 2. The molecule has 0 aliphatic rings. The zero-order chi connectivity index (χ0) is 26.8. The third kappa shape index (κ3) is 7.63. The molecule has 1 aromatic carbocycles. The molecule has 2 heterocycles. The first-order valence-corrected chi connectivity index (χ1v) is 12.1. The van der Waals surface area contributed by atoms with Crippen molar-refractivity contribution >= 4 is 11.9 Å². The fraction of sp³-hybridized carbons (Fsp3) is 0.379. The predicted molar refractivity (Wildman–Crippen MR) is 145 cm³/mol. The number of esters is 1. The van der Waals surface area contributed by atoms with Crippen LogP contribution in [0.25, 0.3) is 11.1 Å². The van der Waals surface area contributed by atoms with Crippen LogP contribution in [-0.2, 0) is 20.7 Å². The second-order valence-corrected chi connectivity index (χ2v) is 9.11. The number of primary amides is 1. The Hall–Kier alpha value is -3.74. The zero-order valence-electron chi connectivity index (χ0n) is 22.1. The van der Waals surface area contributed by atoms with Gasteiger partial charge in [0.2, 0.25) is 5.91 Å². The highest BCUT2D eigenvalue weighted by Crippen LogP contribution is 2.27. The van der Waals surface area contributed by atoms with Crippen LogP contribution in [0, 0.1) is 26.7 Å². The Morgan fingerprint density at radius 1 is 1.11 bits per heavy atom. The fourth-order valence-corrected chi connectivity index (χ4v) is 4.11. The minimum atomic E-state index is -0.557. The third-order valence-corrected chi connectivity index (χ3v) is 6.29. The van der Waals surface area contributed by atoms with Gasteiger partial charge in [-0.2, -0.15) is 0 Å². The highest BCUT2D eigenvalue weighted by atomic mass is 16.5. The number of nitrogens with two attached hydrogens (primary N) is 1. The van der Waals surface area contributed by atoms with Gasteiger partial charge in [-0.25, -0.2) is 0 Å². The number of nitrogens with zero attached hydrogens (tertiary/aromatic N) is 2. The number of carbonyl (C=O) groups is 2. The molecular formula is C29H39N3O4. The van der Waals surface area contributed by atoms with Gasteiger partial charge in [-0.05, 0) is 73.1 Å². The average Bonchev–Trinajstić information content (AvgIpc) is 2.84. The molecule has 7 heteroatoms. The Kier molecular flexibility index (Phi) is 10.6. The smallest absolute Gasteiger partial charge is 0.305 e. The molecule has 2 atom stereocenters. The number of methoxy groups -OCH3 is 1. The maximum atomic E-state index is 11.8. The van der Waals surface area contributed by atoms with Gasteiger partial charge in [0, 0.05) is 38.1 Å². The Morgan fingerprint density at radius 3 is 2.33 bits per heavy atom. The van der Waals surface area contributed by atoms with Crippen LogP contribution in [0.3, 0.4) is 0 Å². The van der Waals surface area contributed by atoms with Crippen LogP contribution >= 0.6 is 0 Å². The molecule has 7 nitrogen and oxygen atoms in total. The summed E-state index contributed by atoms with van der Waals surface area (Å²) in [4.78, 5) is 38.7. The highest BCUT2D eigenvalue weighted by Gasteiger charge is 2.24. The molecule has 3 rings (SSSR count). The molecule has 36 heavy (non-hydrogen) atoms. The summed E-state index contributed by atoms with van der Waals surface area (Å²) in [6, 6.07) is 11.1. The number of amides is 1. The second-order valence-electron chi connectivity index (χ2n) is 9.11.